The zero-order valence-electron chi connectivity index (χ0n) is 5.72. The first-order valence-corrected chi connectivity index (χ1v) is 4.53. The molecule has 0 bridgehead atoms. The van der Waals surface area contributed by atoms with E-state index in [0.717, 1.165) is 17.7 Å². The van der Waals surface area contributed by atoms with Gasteiger partial charge in [-0.05, 0) is 23.8 Å². The van der Waals surface area contributed by atoms with Gasteiger partial charge in [-0.25, -0.2) is 4.98 Å². The molecule has 11 heavy (non-hydrogen) atoms. The van der Waals surface area contributed by atoms with Crippen LogP contribution >= 0.6 is 35.8 Å². The van der Waals surface area contributed by atoms with Gasteiger partial charge in [0.2, 0.25) is 0 Å². The Morgan fingerprint density at radius 2 is 2.18 bits per heavy atom. The molecule has 0 saturated heterocycles. The second-order valence-corrected chi connectivity index (χ2v) is 3.31. The van der Waals surface area contributed by atoms with Gasteiger partial charge in [0.1, 0.15) is 5.15 Å². The maximum atomic E-state index is 5.85. The lowest BCUT2D eigenvalue weighted by Gasteiger charge is -2.00. The molecule has 1 rings (SSSR count). The van der Waals surface area contributed by atoms with Gasteiger partial charge in [-0.1, -0.05) is 23.2 Å². The average molecular weight is 208 g/mol. The third kappa shape index (κ3) is 2.55. The van der Waals surface area contributed by atoms with E-state index in [0.29, 0.717) is 10.2 Å². The number of thiol groups is 1. The molecule has 0 aromatic carbocycles. The fourth-order valence-corrected chi connectivity index (χ4v) is 1.44. The Bertz CT molecular complexity index is 252. The van der Waals surface area contributed by atoms with Crippen molar-refractivity contribution in [1.29, 1.82) is 0 Å². The van der Waals surface area contributed by atoms with Crippen LogP contribution in [-0.2, 0) is 6.42 Å². The van der Waals surface area contributed by atoms with E-state index in [1.165, 1.54) is 0 Å². The lowest BCUT2D eigenvalue weighted by atomic mass is 10.2. The van der Waals surface area contributed by atoms with Crippen LogP contribution in [0.15, 0.2) is 12.3 Å². The first-order chi connectivity index (χ1) is 5.24. The van der Waals surface area contributed by atoms with E-state index in [4.69, 9.17) is 23.2 Å². The summed E-state index contributed by atoms with van der Waals surface area (Å²) in [7, 11) is 0. The first-order valence-electron chi connectivity index (χ1n) is 3.15. The van der Waals surface area contributed by atoms with Gasteiger partial charge in [0.25, 0.3) is 0 Å². The van der Waals surface area contributed by atoms with Crippen molar-refractivity contribution >= 4 is 35.8 Å². The molecule has 4 heteroatoms. The van der Waals surface area contributed by atoms with Crippen LogP contribution in [0.2, 0.25) is 10.2 Å². The Balaban J connectivity index is 2.90. The predicted molar refractivity (Wildman–Crippen MR) is 51.8 cm³/mol. The molecule has 60 valence electrons. The fraction of sp³-hybridized carbons (Fsp3) is 0.286. The van der Waals surface area contributed by atoms with Crippen LogP contribution in [0.1, 0.15) is 5.56 Å². The Kier molecular flexibility index (Phi) is 3.49. The van der Waals surface area contributed by atoms with Gasteiger partial charge in [-0.3, -0.25) is 0 Å². The minimum absolute atomic E-state index is 0.429. The highest BCUT2D eigenvalue weighted by atomic mass is 35.5. The zero-order valence-corrected chi connectivity index (χ0v) is 8.13. The van der Waals surface area contributed by atoms with E-state index >= 15 is 0 Å². The van der Waals surface area contributed by atoms with E-state index in [1.807, 2.05) is 0 Å². The van der Waals surface area contributed by atoms with E-state index in [-0.39, 0.29) is 0 Å². The number of nitrogens with zero attached hydrogens (tertiary/aromatic N) is 1. The molecule has 0 aliphatic heterocycles. The number of aromatic nitrogens is 1. The summed E-state index contributed by atoms with van der Waals surface area (Å²) in [4.78, 5) is 3.91. The van der Waals surface area contributed by atoms with Crippen molar-refractivity contribution in [2.24, 2.45) is 0 Å². The third-order valence-corrected chi connectivity index (χ3v) is 2.06. The SMILES string of the molecule is SCCc1cnc(Cl)cc1Cl. The highest BCUT2D eigenvalue weighted by molar-refractivity contribution is 7.80. The molecule has 0 aliphatic rings. The minimum Gasteiger partial charge on any atom is -0.244 e. The van der Waals surface area contributed by atoms with Crippen LogP contribution in [0.4, 0.5) is 0 Å². The average Bonchev–Trinajstić information content (AvgIpc) is 1.95. The summed E-state index contributed by atoms with van der Waals surface area (Å²) in [6.45, 7) is 0. The van der Waals surface area contributed by atoms with Gasteiger partial charge in [-0.15, -0.1) is 0 Å². The van der Waals surface area contributed by atoms with Crippen LogP contribution in [0.3, 0.4) is 0 Å². The second kappa shape index (κ2) is 4.19. The molecular weight excluding hydrogens is 201 g/mol. The van der Waals surface area contributed by atoms with Crippen molar-refractivity contribution in [3.63, 3.8) is 0 Å². The molecule has 0 radical (unpaired) electrons. The van der Waals surface area contributed by atoms with Gasteiger partial charge in [0.05, 0.1) is 0 Å². The Hall–Kier alpha value is 0.0800. The van der Waals surface area contributed by atoms with Crippen LogP contribution in [0.5, 0.6) is 0 Å². The highest BCUT2D eigenvalue weighted by Crippen LogP contribution is 2.18. The lowest BCUT2D eigenvalue weighted by Crippen LogP contribution is -1.89. The molecule has 0 atom stereocenters. The van der Waals surface area contributed by atoms with Gasteiger partial charge >= 0.3 is 0 Å². The molecule has 0 fully saturated rings. The molecule has 0 unspecified atom stereocenters. The Labute approximate surface area is 81.1 Å². The topological polar surface area (TPSA) is 12.9 Å². The molecule has 0 saturated carbocycles. The number of rotatable bonds is 2. The molecule has 0 spiro atoms. The monoisotopic (exact) mass is 207 g/mol. The van der Waals surface area contributed by atoms with Crippen molar-refractivity contribution in [1.82, 2.24) is 4.98 Å². The fourth-order valence-electron chi connectivity index (χ4n) is 0.740. The summed E-state index contributed by atoms with van der Waals surface area (Å²) in [5.74, 6) is 0.767. The molecule has 0 N–H and O–H groups in total. The second-order valence-electron chi connectivity index (χ2n) is 2.07. The largest absolute Gasteiger partial charge is 0.244 e. The van der Waals surface area contributed by atoms with Crippen molar-refractivity contribution in [3.05, 3.63) is 28.0 Å². The molecule has 1 aromatic heterocycles. The van der Waals surface area contributed by atoms with Crippen LogP contribution in [0.25, 0.3) is 0 Å². The Morgan fingerprint density at radius 3 is 2.73 bits per heavy atom. The molecule has 0 aliphatic carbocycles. The maximum Gasteiger partial charge on any atom is 0.130 e. The van der Waals surface area contributed by atoms with E-state index in [2.05, 4.69) is 17.6 Å². The quantitative estimate of drug-likeness (QED) is 0.582. The lowest BCUT2D eigenvalue weighted by molar-refractivity contribution is 1.12. The molecule has 1 nitrogen and oxygen atoms in total. The standard InChI is InChI=1S/C7H7Cl2NS/c8-6-3-7(9)10-4-5(6)1-2-11/h3-4,11H,1-2H2. The smallest absolute Gasteiger partial charge is 0.130 e. The maximum absolute atomic E-state index is 5.85. The van der Waals surface area contributed by atoms with Crippen molar-refractivity contribution in [3.8, 4) is 0 Å². The summed E-state index contributed by atoms with van der Waals surface area (Å²) in [5, 5.41) is 1.09. The Morgan fingerprint density at radius 1 is 1.45 bits per heavy atom. The minimum atomic E-state index is 0.429. The molecular formula is C7H7Cl2NS. The zero-order chi connectivity index (χ0) is 8.27. The van der Waals surface area contributed by atoms with Crippen molar-refractivity contribution in [2.45, 2.75) is 6.42 Å². The highest BCUT2D eigenvalue weighted by Gasteiger charge is 1.99. The number of pyridine rings is 1. The van der Waals surface area contributed by atoms with Crippen molar-refractivity contribution < 1.29 is 0 Å². The van der Waals surface area contributed by atoms with Gasteiger partial charge in [0, 0.05) is 11.2 Å². The number of hydrogen-bond donors (Lipinski definition) is 1. The van der Waals surface area contributed by atoms with E-state index in [9.17, 15) is 0 Å². The van der Waals surface area contributed by atoms with Gasteiger partial charge in [0.15, 0.2) is 0 Å². The first kappa shape index (κ1) is 9.17. The summed E-state index contributed by atoms with van der Waals surface area (Å²) in [6, 6.07) is 1.64. The van der Waals surface area contributed by atoms with E-state index in [1.54, 1.807) is 12.3 Å². The summed E-state index contributed by atoms with van der Waals surface area (Å²) in [5.41, 5.74) is 0.992. The van der Waals surface area contributed by atoms with Crippen LogP contribution in [0, 0.1) is 0 Å². The number of hydrogen-bond acceptors (Lipinski definition) is 2. The third-order valence-electron chi connectivity index (χ3n) is 1.28. The van der Waals surface area contributed by atoms with Crippen molar-refractivity contribution in [2.75, 3.05) is 5.75 Å². The molecule has 1 heterocycles. The van der Waals surface area contributed by atoms with Crippen LogP contribution < -0.4 is 0 Å². The normalized spacial score (nSPS) is 10.1. The molecule has 1 aromatic rings. The number of aryl methyl sites for hydroxylation is 1. The van der Waals surface area contributed by atoms with Gasteiger partial charge in [-0.2, -0.15) is 12.6 Å². The van der Waals surface area contributed by atoms with Gasteiger partial charge < -0.3 is 0 Å². The summed E-state index contributed by atoms with van der Waals surface area (Å²) >= 11 is 15.5. The predicted octanol–water partition coefficient (Wildman–Crippen LogP) is 2.86. The van der Waals surface area contributed by atoms with Crippen LogP contribution in [-0.4, -0.2) is 10.7 Å². The number of halogens is 2. The summed E-state index contributed by atoms with van der Waals surface area (Å²) < 4.78 is 0. The van der Waals surface area contributed by atoms with E-state index < -0.39 is 0 Å². The molecule has 0 amide bonds. The summed E-state index contributed by atoms with van der Waals surface area (Å²) in [6.07, 6.45) is 2.51.